The van der Waals surface area contributed by atoms with Crippen molar-refractivity contribution in [1.29, 1.82) is 0 Å². The second-order valence-electron chi connectivity index (χ2n) is 4.58. The zero-order chi connectivity index (χ0) is 13.4. The quantitative estimate of drug-likeness (QED) is 0.532. The van der Waals surface area contributed by atoms with Gasteiger partial charge in [0.2, 0.25) is 0 Å². The molecule has 0 unspecified atom stereocenters. The van der Waals surface area contributed by atoms with E-state index in [-0.39, 0.29) is 17.2 Å². The third kappa shape index (κ3) is 1.88. The summed E-state index contributed by atoms with van der Waals surface area (Å²) in [5.41, 5.74) is 3.88. The minimum Gasteiger partial charge on any atom is -0.508 e. The highest BCUT2D eigenvalue weighted by Gasteiger charge is 2.17. The standard InChI is InChI=1S/C15H16O3/c1-8-4-5-9(2)11(6-8)14-10(3)12(16)7-13(17)15(14)18/h4-7,16-18H,1-3H3. The molecule has 0 radical (unpaired) electrons. The lowest BCUT2D eigenvalue weighted by molar-refractivity contribution is 0.397. The van der Waals surface area contributed by atoms with E-state index in [1.165, 1.54) is 0 Å². The Labute approximate surface area is 106 Å². The van der Waals surface area contributed by atoms with Crippen molar-refractivity contribution >= 4 is 0 Å². The van der Waals surface area contributed by atoms with Crippen molar-refractivity contribution in [2.75, 3.05) is 0 Å². The van der Waals surface area contributed by atoms with Crippen molar-refractivity contribution in [2.45, 2.75) is 20.8 Å². The molecule has 0 aliphatic carbocycles. The van der Waals surface area contributed by atoms with Crippen molar-refractivity contribution in [3.63, 3.8) is 0 Å². The van der Waals surface area contributed by atoms with E-state index in [9.17, 15) is 15.3 Å². The summed E-state index contributed by atoms with van der Waals surface area (Å²) in [6.45, 7) is 5.60. The largest absolute Gasteiger partial charge is 0.508 e. The number of benzene rings is 2. The van der Waals surface area contributed by atoms with Crippen LogP contribution in [0.1, 0.15) is 16.7 Å². The number of aryl methyl sites for hydroxylation is 2. The van der Waals surface area contributed by atoms with E-state index >= 15 is 0 Å². The third-order valence-electron chi connectivity index (χ3n) is 3.17. The van der Waals surface area contributed by atoms with E-state index < -0.39 is 0 Å². The fourth-order valence-electron chi connectivity index (χ4n) is 2.07. The van der Waals surface area contributed by atoms with Gasteiger partial charge in [-0.2, -0.15) is 0 Å². The molecule has 3 N–H and O–H groups in total. The zero-order valence-corrected chi connectivity index (χ0v) is 10.7. The van der Waals surface area contributed by atoms with E-state index in [2.05, 4.69) is 0 Å². The third-order valence-corrected chi connectivity index (χ3v) is 3.17. The first-order valence-electron chi connectivity index (χ1n) is 5.74. The first-order valence-corrected chi connectivity index (χ1v) is 5.74. The van der Waals surface area contributed by atoms with Crippen molar-refractivity contribution in [2.24, 2.45) is 0 Å². The molecule has 94 valence electrons. The van der Waals surface area contributed by atoms with Crippen molar-refractivity contribution < 1.29 is 15.3 Å². The van der Waals surface area contributed by atoms with Crippen LogP contribution in [0.15, 0.2) is 24.3 Å². The minimum atomic E-state index is -0.311. The molecular formula is C15H16O3. The van der Waals surface area contributed by atoms with Crippen LogP contribution in [0.25, 0.3) is 11.1 Å². The molecule has 0 amide bonds. The molecule has 0 spiro atoms. The van der Waals surface area contributed by atoms with Gasteiger partial charge in [0.15, 0.2) is 11.5 Å². The number of phenols is 3. The van der Waals surface area contributed by atoms with Gasteiger partial charge in [0, 0.05) is 17.2 Å². The van der Waals surface area contributed by atoms with Gasteiger partial charge in [-0.3, -0.25) is 0 Å². The molecule has 0 fully saturated rings. The second kappa shape index (κ2) is 4.26. The lowest BCUT2D eigenvalue weighted by Crippen LogP contribution is -1.90. The summed E-state index contributed by atoms with van der Waals surface area (Å²) in [6, 6.07) is 7.01. The second-order valence-corrected chi connectivity index (χ2v) is 4.58. The Bertz CT molecular complexity index is 589. The molecule has 0 aliphatic rings. The Morgan fingerprint density at radius 3 is 2.17 bits per heavy atom. The molecule has 18 heavy (non-hydrogen) atoms. The van der Waals surface area contributed by atoms with Gasteiger partial charge in [0.1, 0.15) is 5.75 Å². The van der Waals surface area contributed by atoms with Gasteiger partial charge in [-0.25, -0.2) is 0 Å². The molecule has 0 aromatic heterocycles. The Hall–Kier alpha value is -2.16. The van der Waals surface area contributed by atoms with Gasteiger partial charge in [0.05, 0.1) is 0 Å². The molecule has 2 rings (SSSR count). The van der Waals surface area contributed by atoms with E-state index in [0.717, 1.165) is 22.8 Å². The van der Waals surface area contributed by atoms with Gasteiger partial charge in [-0.1, -0.05) is 23.8 Å². The Morgan fingerprint density at radius 2 is 1.50 bits per heavy atom. The normalized spacial score (nSPS) is 10.6. The van der Waals surface area contributed by atoms with E-state index in [1.54, 1.807) is 6.92 Å². The molecule has 0 aliphatic heterocycles. The topological polar surface area (TPSA) is 60.7 Å². The SMILES string of the molecule is Cc1ccc(C)c(-c2c(C)c(O)cc(O)c2O)c1. The predicted octanol–water partition coefficient (Wildman–Crippen LogP) is 3.40. The van der Waals surface area contributed by atoms with Crippen LogP contribution < -0.4 is 0 Å². The summed E-state index contributed by atoms with van der Waals surface area (Å²) in [4.78, 5) is 0. The maximum absolute atomic E-state index is 10.0. The first-order chi connectivity index (χ1) is 8.41. The Kier molecular flexibility index (Phi) is 2.91. The first kappa shape index (κ1) is 12.3. The highest BCUT2D eigenvalue weighted by atomic mass is 16.3. The predicted molar refractivity (Wildman–Crippen MR) is 71.1 cm³/mol. The van der Waals surface area contributed by atoms with Crippen LogP contribution in [0.2, 0.25) is 0 Å². The summed E-state index contributed by atoms with van der Waals surface area (Å²) in [5.74, 6) is -0.533. The monoisotopic (exact) mass is 244 g/mol. The summed E-state index contributed by atoms with van der Waals surface area (Å²) in [5, 5.41) is 29.4. The Morgan fingerprint density at radius 1 is 0.833 bits per heavy atom. The van der Waals surface area contributed by atoms with Crippen LogP contribution in [0.3, 0.4) is 0 Å². The van der Waals surface area contributed by atoms with E-state index in [4.69, 9.17) is 0 Å². The molecule has 3 nitrogen and oxygen atoms in total. The molecule has 0 atom stereocenters. The average molecular weight is 244 g/mol. The van der Waals surface area contributed by atoms with Gasteiger partial charge >= 0.3 is 0 Å². The summed E-state index contributed by atoms with van der Waals surface area (Å²) in [7, 11) is 0. The zero-order valence-electron chi connectivity index (χ0n) is 10.7. The highest BCUT2D eigenvalue weighted by molar-refractivity contribution is 5.81. The molecule has 2 aromatic rings. The summed E-state index contributed by atoms with van der Waals surface area (Å²) >= 11 is 0. The van der Waals surface area contributed by atoms with Gasteiger partial charge < -0.3 is 15.3 Å². The molecule has 0 saturated carbocycles. The molecular weight excluding hydrogens is 228 g/mol. The Balaban J connectivity index is 2.82. The average Bonchev–Trinajstić information content (AvgIpc) is 2.31. The van der Waals surface area contributed by atoms with Crippen molar-refractivity contribution in [1.82, 2.24) is 0 Å². The lowest BCUT2D eigenvalue weighted by atomic mass is 9.93. The van der Waals surface area contributed by atoms with Crippen molar-refractivity contribution in [3.05, 3.63) is 41.0 Å². The van der Waals surface area contributed by atoms with Gasteiger partial charge in [-0.05, 0) is 31.9 Å². The summed E-state index contributed by atoms with van der Waals surface area (Å²) in [6.07, 6.45) is 0. The summed E-state index contributed by atoms with van der Waals surface area (Å²) < 4.78 is 0. The number of hydrogen-bond acceptors (Lipinski definition) is 3. The molecule has 0 bridgehead atoms. The van der Waals surface area contributed by atoms with Crippen LogP contribution in [0, 0.1) is 20.8 Å². The van der Waals surface area contributed by atoms with E-state index in [1.807, 2.05) is 32.0 Å². The minimum absolute atomic E-state index is 0.0267. The van der Waals surface area contributed by atoms with Gasteiger partial charge in [0.25, 0.3) is 0 Å². The number of rotatable bonds is 1. The number of hydrogen-bond donors (Lipinski definition) is 3. The maximum atomic E-state index is 10.0. The fraction of sp³-hybridized carbons (Fsp3) is 0.200. The van der Waals surface area contributed by atoms with E-state index in [0.29, 0.717) is 11.1 Å². The highest BCUT2D eigenvalue weighted by Crippen LogP contribution is 2.44. The molecule has 0 heterocycles. The fourth-order valence-corrected chi connectivity index (χ4v) is 2.07. The molecule has 0 saturated heterocycles. The van der Waals surface area contributed by atoms with Crippen LogP contribution >= 0.6 is 0 Å². The number of phenolic OH excluding ortho intramolecular Hbond substituents is 3. The molecule has 3 heteroatoms. The smallest absolute Gasteiger partial charge is 0.165 e. The van der Waals surface area contributed by atoms with Crippen molar-refractivity contribution in [3.8, 4) is 28.4 Å². The van der Waals surface area contributed by atoms with Crippen LogP contribution in [0.5, 0.6) is 17.2 Å². The number of aromatic hydroxyl groups is 3. The van der Waals surface area contributed by atoms with Crippen LogP contribution in [-0.4, -0.2) is 15.3 Å². The van der Waals surface area contributed by atoms with Crippen LogP contribution in [0.4, 0.5) is 0 Å². The van der Waals surface area contributed by atoms with Crippen LogP contribution in [-0.2, 0) is 0 Å². The molecule has 2 aromatic carbocycles. The maximum Gasteiger partial charge on any atom is 0.165 e. The van der Waals surface area contributed by atoms with Gasteiger partial charge in [-0.15, -0.1) is 0 Å². The lowest BCUT2D eigenvalue weighted by Gasteiger charge is -2.14.